The van der Waals surface area contributed by atoms with Crippen LogP contribution in [0.5, 0.6) is 11.5 Å². The molecule has 1 unspecified atom stereocenters. The van der Waals surface area contributed by atoms with E-state index in [-0.39, 0.29) is 24.4 Å². The molecule has 3 aromatic carbocycles. The number of nitriles is 1. The van der Waals surface area contributed by atoms with Gasteiger partial charge in [-0.1, -0.05) is 36.2 Å². The number of ether oxygens (including phenoxy) is 3. The maximum atomic E-state index is 13.6. The maximum absolute atomic E-state index is 13.6. The zero-order valence-electron chi connectivity index (χ0n) is 25.8. The molecule has 2 saturated heterocycles. The maximum Gasteiger partial charge on any atom is 0.248 e. The third-order valence-electron chi connectivity index (χ3n) is 8.10. The molecular weight excluding hydrogens is 621 g/mol. The molecule has 1 aromatic heterocycles. The van der Waals surface area contributed by atoms with E-state index < -0.39 is 0 Å². The van der Waals surface area contributed by atoms with Crippen molar-refractivity contribution in [1.82, 2.24) is 9.88 Å². The predicted octanol–water partition coefficient (Wildman–Crippen LogP) is 7.37. The molecular formula is C36H35ClFN5O4. The molecule has 0 radical (unpaired) electrons. The van der Waals surface area contributed by atoms with Gasteiger partial charge in [-0.15, -0.1) is 0 Å². The number of piperidine rings is 1. The summed E-state index contributed by atoms with van der Waals surface area (Å²) in [4.78, 5) is 19.9. The van der Waals surface area contributed by atoms with Gasteiger partial charge in [0.05, 0.1) is 40.7 Å². The quantitative estimate of drug-likeness (QED) is 0.161. The number of nitrogens with one attached hydrogen (secondary N) is 2. The molecule has 1 amide bonds. The van der Waals surface area contributed by atoms with Gasteiger partial charge in [-0.3, -0.25) is 14.7 Å². The van der Waals surface area contributed by atoms with Crippen LogP contribution in [-0.4, -0.2) is 54.7 Å². The van der Waals surface area contributed by atoms with E-state index in [4.69, 9.17) is 25.8 Å². The Hall–Kier alpha value is -4.69. The fourth-order valence-corrected chi connectivity index (χ4v) is 5.91. The second kappa shape index (κ2) is 15.3. The first-order valence-electron chi connectivity index (χ1n) is 15.7. The number of carbonyl (C=O) groups excluding carboxylic acids is 1. The van der Waals surface area contributed by atoms with Crippen molar-refractivity contribution in [3.05, 3.63) is 94.9 Å². The number of halogens is 2. The number of hydrogen-bond acceptors (Lipinski definition) is 8. The molecule has 11 heteroatoms. The van der Waals surface area contributed by atoms with Gasteiger partial charge in [0.25, 0.3) is 0 Å². The molecule has 242 valence electrons. The highest BCUT2D eigenvalue weighted by Gasteiger charge is 2.21. The fraction of sp³-hybridized carbons (Fsp3) is 0.306. The van der Waals surface area contributed by atoms with Crippen molar-refractivity contribution in [3.63, 3.8) is 0 Å². The first kappa shape index (κ1) is 32.3. The molecule has 3 heterocycles. The highest BCUT2D eigenvalue weighted by Crippen LogP contribution is 2.38. The lowest BCUT2D eigenvalue weighted by Gasteiger charge is -2.24. The summed E-state index contributed by atoms with van der Waals surface area (Å²) in [6.07, 6.45) is 9.11. The monoisotopic (exact) mass is 655 g/mol. The molecule has 47 heavy (non-hydrogen) atoms. The van der Waals surface area contributed by atoms with Gasteiger partial charge < -0.3 is 24.8 Å². The second-order valence-corrected chi connectivity index (χ2v) is 12.0. The van der Waals surface area contributed by atoms with Gasteiger partial charge in [0.15, 0.2) is 0 Å². The molecule has 2 aliphatic heterocycles. The Bertz CT molecular complexity index is 1820. The summed E-state index contributed by atoms with van der Waals surface area (Å²) in [5.41, 5.74) is 3.10. The summed E-state index contributed by atoms with van der Waals surface area (Å²) in [6.45, 7) is 4.01. The molecule has 2 fully saturated rings. The number of rotatable bonds is 11. The second-order valence-electron chi connectivity index (χ2n) is 11.6. The van der Waals surface area contributed by atoms with Crippen LogP contribution < -0.4 is 20.1 Å². The Labute approximate surface area is 277 Å². The lowest BCUT2D eigenvalue weighted by Crippen LogP contribution is -2.29. The van der Waals surface area contributed by atoms with E-state index in [0.29, 0.717) is 75.4 Å². The van der Waals surface area contributed by atoms with Crippen LogP contribution in [0.15, 0.2) is 72.9 Å². The largest absolute Gasteiger partial charge is 0.487 e. The molecule has 2 aliphatic rings. The number of anilines is 3. The summed E-state index contributed by atoms with van der Waals surface area (Å²) in [5, 5.41) is 17.2. The number of nitrogens with zero attached hydrogens (tertiary/aromatic N) is 3. The Balaban J connectivity index is 1.26. The Morgan fingerprint density at radius 2 is 2.02 bits per heavy atom. The van der Waals surface area contributed by atoms with Gasteiger partial charge in [0.2, 0.25) is 5.91 Å². The smallest absolute Gasteiger partial charge is 0.248 e. The van der Waals surface area contributed by atoms with Crippen molar-refractivity contribution in [2.45, 2.75) is 38.4 Å². The summed E-state index contributed by atoms with van der Waals surface area (Å²) >= 11 is 6.56. The summed E-state index contributed by atoms with van der Waals surface area (Å²) in [5.74, 6) is 0.274. The molecule has 0 saturated carbocycles. The normalized spacial score (nSPS) is 16.7. The summed E-state index contributed by atoms with van der Waals surface area (Å²) in [7, 11) is 0. The van der Waals surface area contributed by atoms with E-state index in [2.05, 4.69) is 26.6 Å². The minimum atomic E-state index is -0.340. The van der Waals surface area contributed by atoms with Gasteiger partial charge >= 0.3 is 0 Å². The van der Waals surface area contributed by atoms with Crippen molar-refractivity contribution in [2.24, 2.45) is 0 Å². The van der Waals surface area contributed by atoms with E-state index >= 15 is 0 Å². The SMILES string of the molecule is N#Cc1cnc2cc(OC3CCOC3)c(NC(=O)C=CCN3CCCCC3)cc2c1Nc1ccc(OCc2cccc(F)c2)c(Cl)c1. The van der Waals surface area contributed by atoms with Crippen LogP contribution in [0.1, 0.15) is 36.8 Å². The van der Waals surface area contributed by atoms with Gasteiger partial charge in [0, 0.05) is 42.4 Å². The molecule has 0 spiro atoms. The lowest BCUT2D eigenvalue weighted by molar-refractivity contribution is -0.111. The molecule has 6 rings (SSSR count). The van der Waals surface area contributed by atoms with E-state index in [1.54, 1.807) is 48.5 Å². The minimum Gasteiger partial charge on any atom is -0.487 e. The van der Waals surface area contributed by atoms with Crippen LogP contribution in [0.4, 0.5) is 21.5 Å². The predicted molar refractivity (Wildman–Crippen MR) is 180 cm³/mol. The van der Waals surface area contributed by atoms with Crippen molar-refractivity contribution in [2.75, 3.05) is 43.5 Å². The number of pyridine rings is 1. The van der Waals surface area contributed by atoms with Gasteiger partial charge in [-0.2, -0.15) is 5.26 Å². The number of benzene rings is 3. The molecule has 4 aromatic rings. The van der Waals surface area contributed by atoms with Gasteiger partial charge in [0.1, 0.15) is 36.1 Å². The number of hydrogen-bond donors (Lipinski definition) is 2. The standard InChI is InChI=1S/C36H35ClFN5O4/c37-30-17-27(9-10-33(30)46-22-24-6-4-7-26(38)16-24)41-36-25(20-39)21-40-31-19-34(47-28-11-15-45-23-28)32(18-29(31)36)42-35(44)8-5-14-43-12-2-1-3-13-43/h4-10,16-19,21,28H,1-3,11-15,22-23H2,(H,40,41)(H,42,44). The Morgan fingerprint density at radius 1 is 1.15 bits per heavy atom. The lowest BCUT2D eigenvalue weighted by atomic mass is 10.1. The number of aromatic nitrogens is 1. The van der Waals surface area contributed by atoms with Crippen LogP contribution in [0.25, 0.3) is 10.9 Å². The highest BCUT2D eigenvalue weighted by atomic mass is 35.5. The van der Waals surface area contributed by atoms with Crippen LogP contribution in [0.3, 0.4) is 0 Å². The van der Waals surface area contributed by atoms with E-state index in [1.807, 2.05) is 6.08 Å². The van der Waals surface area contributed by atoms with Crippen LogP contribution in [-0.2, 0) is 16.1 Å². The number of amides is 1. The topological polar surface area (TPSA) is 109 Å². The molecule has 0 bridgehead atoms. The van der Waals surface area contributed by atoms with E-state index in [1.165, 1.54) is 37.6 Å². The molecule has 9 nitrogen and oxygen atoms in total. The third-order valence-corrected chi connectivity index (χ3v) is 8.39. The van der Waals surface area contributed by atoms with Gasteiger partial charge in [-0.05, 0) is 67.9 Å². The highest BCUT2D eigenvalue weighted by molar-refractivity contribution is 6.32. The first-order valence-corrected chi connectivity index (χ1v) is 16.1. The zero-order chi connectivity index (χ0) is 32.6. The summed E-state index contributed by atoms with van der Waals surface area (Å²) < 4.78 is 31.2. The van der Waals surface area contributed by atoms with Crippen molar-refractivity contribution < 1.29 is 23.4 Å². The third kappa shape index (κ3) is 8.37. The van der Waals surface area contributed by atoms with Crippen molar-refractivity contribution >= 4 is 45.5 Å². The van der Waals surface area contributed by atoms with E-state index in [0.717, 1.165) is 19.5 Å². The number of carbonyl (C=O) groups is 1. The van der Waals surface area contributed by atoms with Crippen LogP contribution in [0.2, 0.25) is 5.02 Å². The van der Waals surface area contributed by atoms with Gasteiger partial charge in [-0.25, -0.2) is 4.39 Å². The zero-order valence-corrected chi connectivity index (χ0v) is 26.6. The molecule has 1 atom stereocenters. The minimum absolute atomic E-state index is 0.150. The molecule has 2 N–H and O–H groups in total. The van der Waals surface area contributed by atoms with Crippen LogP contribution in [0, 0.1) is 17.1 Å². The van der Waals surface area contributed by atoms with Crippen molar-refractivity contribution in [1.29, 1.82) is 5.26 Å². The van der Waals surface area contributed by atoms with E-state index in [9.17, 15) is 14.4 Å². The molecule has 0 aliphatic carbocycles. The number of fused-ring (bicyclic) bond motifs is 1. The average Bonchev–Trinajstić information content (AvgIpc) is 3.59. The van der Waals surface area contributed by atoms with Crippen molar-refractivity contribution in [3.8, 4) is 17.6 Å². The average molecular weight is 656 g/mol. The Kier molecular flexibility index (Phi) is 10.5. The fourth-order valence-electron chi connectivity index (χ4n) is 5.67. The van der Waals surface area contributed by atoms with Crippen LogP contribution >= 0.6 is 11.6 Å². The summed E-state index contributed by atoms with van der Waals surface area (Å²) in [6, 6.07) is 17.1. The Morgan fingerprint density at radius 3 is 2.79 bits per heavy atom. The first-order chi connectivity index (χ1) is 22.9. The number of likely N-dealkylation sites (tertiary alicyclic amines) is 1.